The Bertz CT molecular complexity index is 882. The Kier molecular flexibility index (Phi) is 6.49. The largest absolute Gasteiger partial charge is 0.489 e. The number of methoxy groups -OCH3 is 1. The molecular weight excluding hydrogens is 360 g/mol. The van der Waals surface area contributed by atoms with Crippen LogP contribution in [0, 0.1) is 13.8 Å². The summed E-state index contributed by atoms with van der Waals surface area (Å²) in [6.45, 7) is 5.32. The molecule has 0 atom stereocenters. The first kappa shape index (κ1) is 19.7. The third-order valence-electron chi connectivity index (χ3n) is 4.42. The van der Waals surface area contributed by atoms with E-state index >= 15 is 0 Å². The van der Waals surface area contributed by atoms with Crippen LogP contribution < -0.4 is 4.74 Å². The minimum absolute atomic E-state index is 0.115. The summed E-state index contributed by atoms with van der Waals surface area (Å²) in [6, 6.07) is 10.8. The van der Waals surface area contributed by atoms with Gasteiger partial charge in [0.05, 0.1) is 30.7 Å². The molecule has 0 aliphatic heterocycles. The summed E-state index contributed by atoms with van der Waals surface area (Å²) in [4.78, 5) is 14.7. The van der Waals surface area contributed by atoms with Gasteiger partial charge < -0.3 is 23.3 Å². The molecule has 148 valence electrons. The topological polar surface area (TPSA) is 77.9 Å². The monoisotopic (exact) mass is 384 g/mol. The van der Waals surface area contributed by atoms with E-state index in [2.05, 4.69) is 5.16 Å². The van der Waals surface area contributed by atoms with E-state index in [4.69, 9.17) is 18.4 Å². The fraction of sp³-hybridized carbons (Fsp3) is 0.333. The predicted molar refractivity (Wildman–Crippen MR) is 102 cm³/mol. The number of ether oxygens (including phenoxy) is 2. The lowest BCUT2D eigenvalue weighted by Crippen LogP contribution is -2.33. The van der Waals surface area contributed by atoms with Crippen molar-refractivity contribution >= 4 is 5.91 Å². The Morgan fingerprint density at radius 3 is 2.75 bits per heavy atom. The second-order valence-electron chi connectivity index (χ2n) is 6.42. The summed E-state index contributed by atoms with van der Waals surface area (Å²) in [5, 5.41) is 3.92. The molecule has 0 N–H and O–H groups in total. The molecule has 0 radical (unpaired) electrons. The lowest BCUT2D eigenvalue weighted by atomic mass is 10.1. The molecule has 0 saturated heterocycles. The Morgan fingerprint density at radius 1 is 1.21 bits per heavy atom. The zero-order valence-electron chi connectivity index (χ0n) is 16.3. The summed E-state index contributed by atoms with van der Waals surface area (Å²) < 4.78 is 21.5. The number of rotatable bonds is 9. The van der Waals surface area contributed by atoms with Gasteiger partial charge in [-0.15, -0.1) is 0 Å². The van der Waals surface area contributed by atoms with Crippen LogP contribution in [0.1, 0.15) is 33.1 Å². The van der Waals surface area contributed by atoms with E-state index in [0.29, 0.717) is 37.6 Å². The summed E-state index contributed by atoms with van der Waals surface area (Å²) in [7, 11) is 1.61. The smallest absolute Gasteiger partial charge is 0.254 e. The fourth-order valence-electron chi connectivity index (χ4n) is 2.81. The number of benzene rings is 1. The Labute approximate surface area is 163 Å². The molecule has 2 aromatic heterocycles. The van der Waals surface area contributed by atoms with Crippen LogP contribution in [0.5, 0.6) is 5.75 Å². The van der Waals surface area contributed by atoms with Gasteiger partial charge in [-0.05, 0) is 44.2 Å². The predicted octanol–water partition coefficient (Wildman–Crippen LogP) is 3.75. The molecule has 0 aliphatic rings. The lowest BCUT2D eigenvalue weighted by Gasteiger charge is -2.21. The van der Waals surface area contributed by atoms with E-state index in [1.54, 1.807) is 42.5 Å². The molecule has 0 aliphatic carbocycles. The minimum atomic E-state index is -0.115. The first-order valence-electron chi connectivity index (χ1n) is 9.03. The third-order valence-corrected chi connectivity index (χ3v) is 4.42. The molecule has 0 saturated carbocycles. The van der Waals surface area contributed by atoms with E-state index in [0.717, 1.165) is 22.8 Å². The van der Waals surface area contributed by atoms with Gasteiger partial charge in [-0.2, -0.15) is 0 Å². The Balaban J connectivity index is 1.71. The zero-order chi connectivity index (χ0) is 19.9. The number of hydrogen-bond acceptors (Lipinski definition) is 6. The van der Waals surface area contributed by atoms with Crippen LogP contribution in [-0.4, -0.2) is 36.2 Å². The Hall–Kier alpha value is -3.06. The van der Waals surface area contributed by atoms with Crippen molar-refractivity contribution in [3.05, 3.63) is 71.0 Å². The van der Waals surface area contributed by atoms with Gasteiger partial charge in [0, 0.05) is 19.2 Å². The number of nitrogens with zero attached hydrogens (tertiary/aromatic N) is 2. The first-order chi connectivity index (χ1) is 13.6. The van der Waals surface area contributed by atoms with Crippen molar-refractivity contribution in [3.8, 4) is 5.75 Å². The van der Waals surface area contributed by atoms with Crippen molar-refractivity contribution in [1.29, 1.82) is 0 Å². The molecule has 7 nitrogen and oxygen atoms in total. The van der Waals surface area contributed by atoms with Crippen LogP contribution in [0.15, 0.2) is 51.6 Å². The van der Waals surface area contributed by atoms with E-state index in [1.165, 1.54) is 0 Å². The molecule has 0 spiro atoms. The van der Waals surface area contributed by atoms with Crippen molar-refractivity contribution in [3.63, 3.8) is 0 Å². The lowest BCUT2D eigenvalue weighted by molar-refractivity contribution is 0.0666. The molecule has 3 rings (SSSR count). The standard InChI is InChI=1S/C21H24N2O5/c1-15-20(16(2)28-22-15)14-27-18-7-4-6-17(12-18)21(24)23(9-11-25-3)13-19-8-5-10-26-19/h4-8,10,12H,9,11,13-14H2,1-3H3. The van der Waals surface area contributed by atoms with Gasteiger partial charge in [-0.1, -0.05) is 11.2 Å². The van der Waals surface area contributed by atoms with Crippen LogP contribution >= 0.6 is 0 Å². The number of hydrogen-bond donors (Lipinski definition) is 0. The number of amides is 1. The molecule has 2 heterocycles. The van der Waals surface area contributed by atoms with Crippen molar-refractivity contribution in [2.75, 3.05) is 20.3 Å². The summed E-state index contributed by atoms with van der Waals surface area (Å²) in [6.07, 6.45) is 1.59. The Morgan fingerprint density at radius 2 is 2.07 bits per heavy atom. The first-order valence-corrected chi connectivity index (χ1v) is 9.03. The van der Waals surface area contributed by atoms with Gasteiger partial charge >= 0.3 is 0 Å². The van der Waals surface area contributed by atoms with E-state index in [9.17, 15) is 4.79 Å². The number of carbonyl (C=O) groups is 1. The molecule has 7 heteroatoms. The van der Waals surface area contributed by atoms with Gasteiger partial charge in [-0.25, -0.2) is 0 Å². The number of furan rings is 1. The van der Waals surface area contributed by atoms with Crippen LogP contribution in [0.4, 0.5) is 0 Å². The normalized spacial score (nSPS) is 10.8. The van der Waals surface area contributed by atoms with Gasteiger partial charge in [0.25, 0.3) is 5.91 Å². The van der Waals surface area contributed by atoms with Crippen molar-refractivity contribution in [1.82, 2.24) is 10.1 Å². The molecular formula is C21H24N2O5. The number of aromatic nitrogens is 1. The molecule has 0 bridgehead atoms. The highest BCUT2D eigenvalue weighted by molar-refractivity contribution is 5.94. The van der Waals surface area contributed by atoms with Gasteiger partial charge in [-0.3, -0.25) is 4.79 Å². The van der Waals surface area contributed by atoms with Gasteiger partial charge in [0.15, 0.2) is 0 Å². The van der Waals surface area contributed by atoms with E-state index in [-0.39, 0.29) is 5.91 Å². The van der Waals surface area contributed by atoms with Crippen molar-refractivity contribution in [2.45, 2.75) is 27.0 Å². The highest BCUT2D eigenvalue weighted by atomic mass is 16.5. The van der Waals surface area contributed by atoms with E-state index in [1.807, 2.05) is 26.0 Å². The molecule has 0 fully saturated rings. The third kappa shape index (κ3) is 4.80. The van der Waals surface area contributed by atoms with Crippen molar-refractivity contribution < 1.29 is 23.2 Å². The number of carbonyl (C=O) groups excluding carboxylic acids is 1. The second kappa shape index (κ2) is 9.23. The zero-order valence-corrected chi connectivity index (χ0v) is 16.3. The summed E-state index contributed by atoms with van der Waals surface area (Å²) in [5.74, 6) is 1.94. The summed E-state index contributed by atoms with van der Waals surface area (Å²) in [5.41, 5.74) is 2.25. The molecule has 1 amide bonds. The molecule has 1 aromatic carbocycles. The van der Waals surface area contributed by atoms with Crippen molar-refractivity contribution in [2.24, 2.45) is 0 Å². The van der Waals surface area contributed by atoms with Gasteiger partial charge in [0.2, 0.25) is 0 Å². The van der Waals surface area contributed by atoms with Gasteiger partial charge in [0.1, 0.15) is 23.9 Å². The summed E-state index contributed by atoms with van der Waals surface area (Å²) >= 11 is 0. The number of aryl methyl sites for hydroxylation is 2. The fourth-order valence-corrected chi connectivity index (χ4v) is 2.81. The molecule has 0 unspecified atom stereocenters. The van der Waals surface area contributed by atoms with Crippen LogP contribution in [0.2, 0.25) is 0 Å². The average molecular weight is 384 g/mol. The highest BCUT2D eigenvalue weighted by Crippen LogP contribution is 2.20. The average Bonchev–Trinajstić information content (AvgIpc) is 3.33. The van der Waals surface area contributed by atoms with Crippen LogP contribution in [-0.2, 0) is 17.9 Å². The SMILES string of the molecule is COCCN(Cc1ccco1)C(=O)c1cccc(OCc2c(C)noc2C)c1. The molecule has 3 aromatic rings. The van der Waals surface area contributed by atoms with Crippen LogP contribution in [0.3, 0.4) is 0 Å². The molecule has 28 heavy (non-hydrogen) atoms. The van der Waals surface area contributed by atoms with E-state index < -0.39 is 0 Å². The minimum Gasteiger partial charge on any atom is -0.489 e. The van der Waals surface area contributed by atoms with Crippen LogP contribution in [0.25, 0.3) is 0 Å². The highest BCUT2D eigenvalue weighted by Gasteiger charge is 2.18. The maximum atomic E-state index is 13.0. The second-order valence-corrected chi connectivity index (χ2v) is 6.42. The maximum Gasteiger partial charge on any atom is 0.254 e. The maximum absolute atomic E-state index is 13.0. The quantitative estimate of drug-likeness (QED) is 0.559.